The van der Waals surface area contributed by atoms with Crippen LogP contribution in [0.15, 0.2) is 24.3 Å². The van der Waals surface area contributed by atoms with Gasteiger partial charge in [-0.25, -0.2) is 13.4 Å². The van der Waals surface area contributed by atoms with E-state index in [1.807, 2.05) is 19.1 Å². The molecule has 0 aliphatic rings. The summed E-state index contributed by atoms with van der Waals surface area (Å²) in [6, 6.07) is 8.29. The van der Waals surface area contributed by atoms with Gasteiger partial charge in [-0.3, -0.25) is 4.79 Å². The third kappa shape index (κ3) is 5.42. The minimum Gasteiger partial charge on any atom is -0.302 e. The van der Waals surface area contributed by atoms with Gasteiger partial charge in [-0.15, -0.1) is 11.3 Å². The van der Waals surface area contributed by atoms with Gasteiger partial charge in [0.1, 0.15) is 9.84 Å². The van der Waals surface area contributed by atoms with Crippen LogP contribution in [-0.2, 0) is 21.1 Å². The molecule has 0 unspecified atom stereocenters. The number of amides is 1. The lowest BCUT2D eigenvalue weighted by Gasteiger charge is -2.02. The van der Waals surface area contributed by atoms with Gasteiger partial charge >= 0.3 is 0 Å². The van der Waals surface area contributed by atoms with Crippen LogP contribution in [0.2, 0.25) is 0 Å². The maximum Gasteiger partial charge on any atom is 0.227 e. The molecule has 0 fully saturated rings. The molecule has 1 heterocycles. The van der Waals surface area contributed by atoms with Gasteiger partial charge in [0.15, 0.2) is 5.13 Å². The van der Waals surface area contributed by atoms with E-state index in [4.69, 9.17) is 0 Å². The molecule has 24 heavy (non-hydrogen) atoms. The van der Waals surface area contributed by atoms with E-state index in [1.54, 1.807) is 0 Å². The average molecular weight is 367 g/mol. The van der Waals surface area contributed by atoms with E-state index in [9.17, 15) is 13.2 Å². The fraction of sp³-hybridized carbons (Fsp3) is 0.412. The third-order valence-corrected chi connectivity index (χ3v) is 5.34. The van der Waals surface area contributed by atoms with E-state index >= 15 is 0 Å². The number of thiazole rings is 1. The fourth-order valence-corrected chi connectivity index (χ4v) is 3.70. The summed E-state index contributed by atoms with van der Waals surface area (Å²) in [6.45, 7) is 4.11. The largest absolute Gasteiger partial charge is 0.302 e. The van der Waals surface area contributed by atoms with Gasteiger partial charge in [-0.1, -0.05) is 37.6 Å². The summed E-state index contributed by atoms with van der Waals surface area (Å²) in [6.07, 6.45) is 3.23. The van der Waals surface area contributed by atoms with Crippen LogP contribution in [0.3, 0.4) is 0 Å². The molecule has 1 amide bonds. The van der Waals surface area contributed by atoms with Crippen molar-refractivity contribution in [2.75, 3.05) is 17.3 Å². The van der Waals surface area contributed by atoms with Crippen LogP contribution in [-0.4, -0.2) is 31.3 Å². The molecule has 2 rings (SSSR count). The molecule has 7 heteroatoms. The van der Waals surface area contributed by atoms with Crippen LogP contribution in [0.5, 0.6) is 0 Å². The van der Waals surface area contributed by atoms with Gasteiger partial charge in [0, 0.05) is 23.1 Å². The number of aromatic nitrogens is 1. The molecule has 130 valence electrons. The van der Waals surface area contributed by atoms with Crippen molar-refractivity contribution in [1.82, 2.24) is 4.98 Å². The molecule has 0 atom stereocenters. The Balaban J connectivity index is 2.08. The molecule has 1 aromatic heterocycles. The smallest absolute Gasteiger partial charge is 0.227 e. The minimum atomic E-state index is -3.14. The molecule has 1 aromatic carbocycles. The Hall–Kier alpha value is -1.73. The number of nitrogens with zero attached hydrogens (tertiary/aromatic N) is 1. The van der Waals surface area contributed by atoms with Gasteiger partial charge in [0.2, 0.25) is 5.91 Å². The van der Waals surface area contributed by atoms with Crippen molar-refractivity contribution in [2.24, 2.45) is 0 Å². The molecule has 2 aromatic rings. The summed E-state index contributed by atoms with van der Waals surface area (Å²) in [5.41, 5.74) is 3.16. The normalized spacial score (nSPS) is 11.5. The van der Waals surface area contributed by atoms with Crippen LogP contribution in [0.4, 0.5) is 5.13 Å². The van der Waals surface area contributed by atoms with E-state index in [0.717, 1.165) is 35.2 Å². The van der Waals surface area contributed by atoms with Crippen molar-refractivity contribution in [1.29, 1.82) is 0 Å². The molecule has 0 aliphatic carbocycles. The highest BCUT2D eigenvalue weighted by Gasteiger charge is 2.13. The van der Waals surface area contributed by atoms with Crippen molar-refractivity contribution in [3.8, 4) is 11.3 Å². The molecule has 0 saturated carbocycles. The second-order valence-electron chi connectivity index (χ2n) is 5.80. The zero-order valence-corrected chi connectivity index (χ0v) is 15.8. The molecule has 0 saturated heterocycles. The minimum absolute atomic E-state index is 0.0570. The lowest BCUT2D eigenvalue weighted by atomic mass is 10.1. The Morgan fingerprint density at radius 1 is 1.25 bits per heavy atom. The van der Waals surface area contributed by atoms with Gasteiger partial charge in [0.05, 0.1) is 11.4 Å². The number of carbonyl (C=O) groups is 1. The Bertz CT molecular complexity index is 809. The number of carbonyl (C=O) groups excluding carboxylic acids is 1. The van der Waals surface area contributed by atoms with Gasteiger partial charge in [-0.2, -0.15) is 0 Å². The van der Waals surface area contributed by atoms with E-state index in [1.165, 1.54) is 16.9 Å². The summed E-state index contributed by atoms with van der Waals surface area (Å²) in [5.74, 6) is -0.492. The topological polar surface area (TPSA) is 76.1 Å². The van der Waals surface area contributed by atoms with Crippen molar-refractivity contribution < 1.29 is 13.2 Å². The van der Waals surface area contributed by atoms with Crippen molar-refractivity contribution >= 4 is 32.2 Å². The summed E-state index contributed by atoms with van der Waals surface area (Å²) >= 11 is 1.39. The molecule has 0 spiro atoms. The highest BCUT2D eigenvalue weighted by atomic mass is 32.2. The predicted molar refractivity (Wildman–Crippen MR) is 99.2 cm³/mol. The van der Waals surface area contributed by atoms with Crippen LogP contribution in [0, 0.1) is 6.92 Å². The van der Waals surface area contributed by atoms with Gasteiger partial charge in [0.25, 0.3) is 0 Å². The molecular weight excluding hydrogens is 344 g/mol. The first-order chi connectivity index (χ1) is 11.3. The van der Waals surface area contributed by atoms with E-state index in [-0.39, 0.29) is 18.1 Å². The number of anilines is 1. The molecule has 0 aliphatic heterocycles. The lowest BCUT2D eigenvalue weighted by molar-refractivity contribution is -0.115. The maximum atomic E-state index is 11.8. The van der Waals surface area contributed by atoms with Crippen molar-refractivity contribution in [3.63, 3.8) is 0 Å². The SMILES string of the molecule is CCCc1ccc(-c2nc(NC(=O)CCS(C)(=O)=O)sc2C)cc1. The Labute approximate surface area is 147 Å². The van der Waals surface area contributed by atoms with E-state index < -0.39 is 9.84 Å². The summed E-state index contributed by atoms with van der Waals surface area (Å²) in [7, 11) is -3.14. The maximum absolute atomic E-state index is 11.8. The first kappa shape index (κ1) is 18.6. The third-order valence-electron chi connectivity index (χ3n) is 3.51. The second kappa shape index (κ2) is 7.90. The zero-order valence-electron chi connectivity index (χ0n) is 14.1. The van der Waals surface area contributed by atoms with Crippen LogP contribution < -0.4 is 5.32 Å². The van der Waals surface area contributed by atoms with Crippen LogP contribution in [0.1, 0.15) is 30.2 Å². The van der Waals surface area contributed by atoms with Crippen LogP contribution >= 0.6 is 11.3 Å². The van der Waals surface area contributed by atoms with Gasteiger partial charge < -0.3 is 5.32 Å². The summed E-state index contributed by atoms with van der Waals surface area (Å²) in [5, 5.41) is 3.18. The molecule has 1 N–H and O–H groups in total. The molecular formula is C17H22N2O3S2. The van der Waals surface area contributed by atoms with E-state index in [2.05, 4.69) is 29.4 Å². The average Bonchev–Trinajstić information content (AvgIpc) is 2.86. The van der Waals surface area contributed by atoms with E-state index in [0.29, 0.717) is 5.13 Å². The number of rotatable bonds is 7. The number of sulfone groups is 1. The zero-order chi connectivity index (χ0) is 17.7. The Morgan fingerprint density at radius 2 is 1.92 bits per heavy atom. The molecule has 0 bridgehead atoms. The quantitative estimate of drug-likeness (QED) is 0.814. The predicted octanol–water partition coefficient (Wildman–Crippen LogP) is 3.44. The van der Waals surface area contributed by atoms with Crippen molar-refractivity contribution in [3.05, 3.63) is 34.7 Å². The second-order valence-corrected chi connectivity index (χ2v) is 9.26. The molecule has 5 nitrogen and oxygen atoms in total. The summed E-state index contributed by atoms with van der Waals surface area (Å²) in [4.78, 5) is 17.3. The number of aryl methyl sites for hydroxylation is 2. The number of nitrogens with one attached hydrogen (secondary N) is 1. The Kier molecular flexibility index (Phi) is 6.12. The lowest BCUT2D eigenvalue weighted by Crippen LogP contribution is -2.16. The number of hydrogen-bond donors (Lipinski definition) is 1. The number of benzene rings is 1. The highest BCUT2D eigenvalue weighted by Crippen LogP contribution is 2.30. The first-order valence-electron chi connectivity index (χ1n) is 7.83. The summed E-state index contributed by atoms with van der Waals surface area (Å²) < 4.78 is 22.2. The van der Waals surface area contributed by atoms with Crippen LogP contribution in [0.25, 0.3) is 11.3 Å². The highest BCUT2D eigenvalue weighted by molar-refractivity contribution is 7.90. The monoisotopic (exact) mass is 366 g/mol. The van der Waals surface area contributed by atoms with Crippen molar-refractivity contribution in [2.45, 2.75) is 33.1 Å². The molecule has 0 radical (unpaired) electrons. The first-order valence-corrected chi connectivity index (χ1v) is 10.7. The number of hydrogen-bond acceptors (Lipinski definition) is 5. The standard InChI is InChI=1S/C17H22N2O3S2/c1-4-5-13-6-8-14(9-7-13)16-12(2)23-17(19-16)18-15(20)10-11-24(3,21)22/h6-9H,4-5,10-11H2,1-3H3,(H,18,19,20). The Morgan fingerprint density at radius 3 is 2.50 bits per heavy atom. The fourth-order valence-electron chi connectivity index (χ4n) is 2.30. The van der Waals surface area contributed by atoms with Gasteiger partial charge in [-0.05, 0) is 18.9 Å².